The van der Waals surface area contributed by atoms with Gasteiger partial charge < -0.3 is 20.3 Å². The molecule has 0 amide bonds. The zero-order valence-electron chi connectivity index (χ0n) is 22.4. The number of ether oxygens (including phenoxy) is 1. The van der Waals surface area contributed by atoms with Crippen LogP contribution in [0.2, 0.25) is 0 Å². The van der Waals surface area contributed by atoms with Gasteiger partial charge in [-0.1, -0.05) is 42.3 Å². The van der Waals surface area contributed by atoms with Gasteiger partial charge >= 0.3 is 11.9 Å². The zero-order valence-corrected chi connectivity index (χ0v) is 16.2. The van der Waals surface area contributed by atoms with Crippen molar-refractivity contribution in [1.82, 2.24) is 5.32 Å². The molecule has 29 heavy (non-hydrogen) atoms. The van der Waals surface area contributed by atoms with Crippen LogP contribution < -0.4 is 10.1 Å². The summed E-state index contributed by atoms with van der Waals surface area (Å²) in [6.45, 7) is 0.635. The third-order valence-electron chi connectivity index (χ3n) is 3.42. The standard InChI is InChI=1S/C18H19NOS.C4H4O4/c1-19-12-11-17(18-10-5-13-21-18)20-16-9-4-7-14-6-2-3-8-15(14)16;5-3(6)1-2-4(7)8/h2-10,13,17,19H,11-12H2,1H3;1-2H,(H,5,6)(H,7,8)/b;2-1-/t17-;/m0./s1/i2D,3D,4D,6D,7D,8D,9D;. The van der Waals surface area contributed by atoms with E-state index in [9.17, 15) is 9.59 Å². The van der Waals surface area contributed by atoms with Gasteiger partial charge in [-0.25, -0.2) is 9.59 Å². The molecule has 3 aromatic rings. The van der Waals surface area contributed by atoms with Gasteiger partial charge in [0.1, 0.15) is 11.9 Å². The Hall–Kier alpha value is -3.16. The first kappa shape index (κ1) is 13.9. The number of hydrogen-bond acceptors (Lipinski definition) is 5. The first-order valence-electron chi connectivity index (χ1n) is 11.9. The van der Waals surface area contributed by atoms with E-state index in [-0.39, 0.29) is 28.6 Å². The van der Waals surface area contributed by atoms with E-state index in [4.69, 9.17) is 24.5 Å². The van der Waals surface area contributed by atoms with Crippen LogP contribution in [0.3, 0.4) is 0 Å². The molecular formula is C22H23NO5S. The van der Waals surface area contributed by atoms with Crippen LogP contribution in [-0.4, -0.2) is 35.7 Å². The highest BCUT2D eigenvalue weighted by atomic mass is 32.1. The second-order valence-corrected chi connectivity index (χ2v) is 6.46. The SMILES string of the molecule is O=C(O)/C=C\C(=O)O.[2H]c1c([2H])c([2H])c2c(O[C@@H](CCNC)c3cccs3)c([2H])c([2H])c([2H])c2c1[2H]. The van der Waals surface area contributed by atoms with E-state index in [0.717, 1.165) is 4.88 Å². The van der Waals surface area contributed by atoms with Crippen LogP contribution in [0, 0.1) is 0 Å². The molecule has 0 spiro atoms. The Bertz CT molecular complexity index is 1270. The number of aliphatic carboxylic acids is 2. The highest BCUT2D eigenvalue weighted by Gasteiger charge is 2.15. The molecule has 0 saturated carbocycles. The molecule has 6 nitrogen and oxygen atoms in total. The van der Waals surface area contributed by atoms with Crippen LogP contribution in [0.5, 0.6) is 5.75 Å². The third kappa shape index (κ3) is 7.40. The Morgan fingerprint density at radius 2 is 1.86 bits per heavy atom. The second kappa shape index (κ2) is 11.6. The number of carbonyl (C=O) groups is 2. The summed E-state index contributed by atoms with van der Waals surface area (Å²) in [7, 11) is 1.81. The van der Waals surface area contributed by atoms with Crippen molar-refractivity contribution in [1.29, 1.82) is 0 Å². The maximum absolute atomic E-state index is 9.55. The molecule has 0 bridgehead atoms. The minimum Gasteiger partial charge on any atom is -0.484 e. The van der Waals surface area contributed by atoms with Gasteiger partial charge in [0.2, 0.25) is 0 Å². The Labute approximate surface area is 182 Å². The predicted molar refractivity (Wildman–Crippen MR) is 115 cm³/mol. The Balaban J connectivity index is 0.000000493. The fourth-order valence-electron chi connectivity index (χ4n) is 2.17. The van der Waals surface area contributed by atoms with E-state index < -0.39 is 48.3 Å². The average Bonchev–Trinajstić information content (AvgIpc) is 3.37. The number of benzene rings is 2. The van der Waals surface area contributed by atoms with Gasteiger partial charge in [0.15, 0.2) is 0 Å². The number of nitrogens with one attached hydrogen (secondary N) is 1. The van der Waals surface area contributed by atoms with Crippen LogP contribution in [-0.2, 0) is 9.59 Å². The molecule has 0 aliphatic rings. The minimum atomic E-state index is -1.26. The Morgan fingerprint density at radius 3 is 2.48 bits per heavy atom. The van der Waals surface area contributed by atoms with Gasteiger partial charge in [-0.15, -0.1) is 11.3 Å². The zero-order chi connectivity index (χ0) is 27.2. The lowest BCUT2D eigenvalue weighted by Crippen LogP contribution is -2.15. The van der Waals surface area contributed by atoms with Crippen molar-refractivity contribution in [3.8, 4) is 5.75 Å². The topological polar surface area (TPSA) is 95.9 Å². The first-order valence-corrected chi connectivity index (χ1v) is 9.28. The summed E-state index contributed by atoms with van der Waals surface area (Å²) in [5.41, 5.74) is 0. The second-order valence-electron chi connectivity index (χ2n) is 5.48. The summed E-state index contributed by atoms with van der Waals surface area (Å²) in [5, 5.41) is 20.4. The average molecular weight is 421 g/mol. The summed E-state index contributed by atoms with van der Waals surface area (Å²) in [6.07, 6.45) is 1.23. The van der Waals surface area contributed by atoms with Gasteiger partial charge in [0.25, 0.3) is 0 Å². The van der Waals surface area contributed by atoms with Gasteiger partial charge in [0, 0.05) is 28.8 Å². The molecular weight excluding hydrogens is 390 g/mol. The van der Waals surface area contributed by atoms with Gasteiger partial charge in [0.05, 0.1) is 9.60 Å². The maximum atomic E-state index is 9.55. The van der Waals surface area contributed by atoms with Gasteiger partial charge in [-0.3, -0.25) is 0 Å². The summed E-state index contributed by atoms with van der Waals surface area (Å²) in [5.74, 6) is -2.60. The van der Waals surface area contributed by atoms with Crippen molar-refractivity contribution < 1.29 is 34.1 Å². The lowest BCUT2D eigenvalue weighted by Gasteiger charge is -2.19. The fourth-order valence-corrected chi connectivity index (χ4v) is 2.96. The van der Waals surface area contributed by atoms with Crippen LogP contribution in [0.4, 0.5) is 0 Å². The van der Waals surface area contributed by atoms with E-state index in [2.05, 4.69) is 5.32 Å². The van der Waals surface area contributed by atoms with E-state index in [1.165, 1.54) is 11.3 Å². The largest absolute Gasteiger partial charge is 0.484 e. The van der Waals surface area contributed by atoms with Crippen LogP contribution >= 0.6 is 11.3 Å². The summed E-state index contributed by atoms with van der Waals surface area (Å²) in [4.78, 5) is 20.0. The lowest BCUT2D eigenvalue weighted by atomic mass is 10.1. The third-order valence-corrected chi connectivity index (χ3v) is 4.39. The molecule has 3 N–H and O–H groups in total. The molecule has 2 aromatic carbocycles. The highest BCUT2D eigenvalue weighted by Crippen LogP contribution is 2.32. The van der Waals surface area contributed by atoms with Crippen LogP contribution in [0.25, 0.3) is 10.8 Å². The smallest absolute Gasteiger partial charge is 0.328 e. The van der Waals surface area contributed by atoms with Crippen molar-refractivity contribution in [2.24, 2.45) is 0 Å². The van der Waals surface area contributed by atoms with Gasteiger partial charge in [-0.05, 0) is 36.5 Å². The first-order chi connectivity index (χ1) is 16.9. The van der Waals surface area contributed by atoms with Gasteiger partial charge in [-0.2, -0.15) is 0 Å². The van der Waals surface area contributed by atoms with Crippen molar-refractivity contribution in [2.45, 2.75) is 12.5 Å². The van der Waals surface area contributed by atoms with E-state index in [1.54, 1.807) is 0 Å². The van der Waals surface area contributed by atoms with Crippen molar-refractivity contribution >= 4 is 34.0 Å². The summed E-state index contributed by atoms with van der Waals surface area (Å²) < 4.78 is 62.9. The molecule has 0 aliphatic heterocycles. The summed E-state index contributed by atoms with van der Waals surface area (Å²) in [6, 6.07) is 0.897. The summed E-state index contributed by atoms with van der Waals surface area (Å²) >= 11 is 1.48. The number of carboxylic acid groups (broad SMARTS) is 2. The minimum absolute atomic E-state index is 0.0250. The molecule has 0 saturated heterocycles. The van der Waals surface area contributed by atoms with E-state index >= 15 is 0 Å². The molecule has 1 atom stereocenters. The molecule has 0 radical (unpaired) electrons. The number of rotatable bonds is 8. The predicted octanol–water partition coefficient (Wildman–Crippen LogP) is 4.34. The highest BCUT2D eigenvalue weighted by molar-refractivity contribution is 7.10. The van der Waals surface area contributed by atoms with E-state index in [0.29, 0.717) is 25.1 Å². The number of hydrogen-bond donors (Lipinski definition) is 3. The van der Waals surface area contributed by atoms with Crippen molar-refractivity contribution in [2.75, 3.05) is 13.6 Å². The normalized spacial score (nSPS) is 15.0. The molecule has 1 aromatic heterocycles. The lowest BCUT2D eigenvalue weighted by molar-refractivity contribution is -0.134. The molecule has 7 heteroatoms. The number of thiophene rings is 1. The fraction of sp³-hybridized carbons (Fsp3) is 0.182. The molecule has 1 heterocycles. The monoisotopic (exact) mass is 420 g/mol. The number of fused-ring (bicyclic) bond motifs is 1. The van der Waals surface area contributed by atoms with Crippen molar-refractivity contribution in [3.63, 3.8) is 0 Å². The van der Waals surface area contributed by atoms with E-state index in [1.807, 2.05) is 24.6 Å². The molecule has 3 rings (SSSR count). The maximum Gasteiger partial charge on any atom is 0.328 e. The number of carboxylic acids is 2. The molecule has 0 aliphatic carbocycles. The Morgan fingerprint density at radius 1 is 1.17 bits per heavy atom. The van der Waals surface area contributed by atoms with Crippen LogP contribution in [0.15, 0.2) is 72.0 Å². The van der Waals surface area contributed by atoms with Crippen LogP contribution in [0.1, 0.15) is 27.0 Å². The van der Waals surface area contributed by atoms with Crippen molar-refractivity contribution in [3.05, 3.63) is 76.8 Å². The molecule has 152 valence electrons. The molecule has 0 unspecified atom stereocenters. The Kier molecular flexibility index (Phi) is 5.58. The molecule has 0 fully saturated rings. The quantitative estimate of drug-likeness (QED) is 0.469.